The van der Waals surface area contributed by atoms with Crippen LogP contribution in [0.2, 0.25) is 5.02 Å². The lowest BCUT2D eigenvalue weighted by Crippen LogP contribution is -2.49. The van der Waals surface area contributed by atoms with Crippen LogP contribution in [0.15, 0.2) is 60.0 Å². The average molecular weight is 695 g/mol. The molecule has 1 amide bonds. The first-order valence-corrected chi connectivity index (χ1v) is 18.6. The van der Waals surface area contributed by atoms with Gasteiger partial charge in [-0.2, -0.15) is 0 Å². The van der Waals surface area contributed by atoms with Crippen molar-refractivity contribution in [2.75, 3.05) is 38.3 Å². The molecule has 1 fully saturated rings. The van der Waals surface area contributed by atoms with Gasteiger partial charge in [-0.1, -0.05) is 24.6 Å². The molecule has 48 heavy (non-hydrogen) atoms. The van der Waals surface area contributed by atoms with Crippen molar-refractivity contribution in [3.8, 4) is 5.75 Å². The second-order valence-electron chi connectivity index (χ2n) is 13.6. The first kappa shape index (κ1) is 34.2. The van der Waals surface area contributed by atoms with Crippen LogP contribution in [0.1, 0.15) is 67.4 Å². The van der Waals surface area contributed by atoms with Crippen molar-refractivity contribution in [1.29, 1.82) is 0 Å². The van der Waals surface area contributed by atoms with Crippen LogP contribution in [0.25, 0.3) is 0 Å². The van der Waals surface area contributed by atoms with E-state index in [4.69, 9.17) is 21.1 Å². The highest BCUT2D eigenvalue weighted by molar-refractivity contribution is 7.91. The van der Waals surface area contributed by atoms with Gasteiger partial charge in [0.2, 0.25) is 20.9 Å². The van der Waals surface area contributed by atoms with Crippen LogP contribution in [-0.4, -0.2) is 68.9 Å². The first-order valence-electron chi connectivity index (χ1n) is 16.7. The third kappa shape index (κ3) is 6.89. The first-order chi connectivity index (χ1) is 23.0. The Balaban J connectivity index is 1.16. The molecule has 1 saturated carbocycles. The Bertz CT molecular complexity index is 1770. The molecule has 1 N–H and O–H groups in total. The molecule has 256 valence electrons. The molecular formula is C36H43ClN4O6S. The van der Waals surface area contributed by atoms with Gasteiger partial charge >= 0.3 is 5.97 Å². The van der Waals surface area contributed by atoms with Gasteiger partial charge in [0.1, 0.15) is 5.75 Å². The number of ether oxygens (including phenoxy) is 2. The number of sulfone groups is 1. The molecule has 2 aliphatic carbocycles. The SMILES string of the molecule is COC(=O)c1ccc2c(c1)N(C[C@@H]1CC[C@H]1CNC(=O)C[C@H](C)[C@H](C)S(=O)(=O)c1ncccn1)C[C@@]1(CCCc3cc(Cl)ccc31)CO2. The van der Waals surface area contributed by atoms with E-state index in [9.17, 15) is 18.0 Å². The molecule has 10 nitrogen and oxygen atoms in total. The summed E-state index contributed by atoms with van der Waals surface area (Å²) < 4.78 is 37.6. The summed E-state index contributed by atoms with van der Waals surface area (Å²) in [6.45, 7) is 5.89. The van der Waals surface area contributed by atoms with Crippen molar-refractivity contribution >= 4 is 39.0 Å². The fourth-order valence-electron chi connectivity index (χ4n) is 7.47. The smallest absolute Gasteiger partial charge is 0.337 e. The molecule has 5 atom stereocenters. The van der Waals surface area contributed by atoms with Gasteiger partial charge in [0.15, 0.2) is 0 Å². The fraction of sp³-hybridized carbons (Fsp3) is 0.500. The van der Waals surface area contributed by atoms with Crippen LogP contribution in [0, 0.1) is 17.8 Å². The number of methoxy groups -OCH3 is 1. The second kappa shape index (κ2) is 14.0. The van der Waals surface area contributed by atoms with E-state index in [1.54, 1.807) is 26.0 Å². The van der Waals surface area contributed by atoms with Gasteiger partial charge in [-0.15, -0.1) is 0 Å². The van der Waals surface area contributed by atoms with Gasteiger partial charge < -0.3 is 19.7 Å². The van der Waals surface area contributed by atoms with E-state index in [1.807, 2.05) is 18.2 Å². The molecule has 0 saturated heterocycles. The van der Waals surface area contributed by atoms with Gasteiger partial charge in [-0.25, -0.2) is 23.2 Å². The minimum atomic E-state index is -3.76. The molecule has 0 bridgehead atoms. The van der Waals surface area contributed by atoms with Crippen LogP contribution >= 0.6 is 11.6 Å². The number of nitrogens with zero attached hydrogens (tertiary/aromatic N) is 3. The molecule has 2 heterocycles. The van der Waals surface area contributed by atoms with Crippen LogP contribution in [-0.2, 0) is 31.2 Å². The Morgan fingerprint density at radius 1 is 1.12 bits per heavy atom. The highest BCUT2D eigenvalue weighted by atomic mass is 35.5. The lowest BCUT2D eigenvalue weighted by molar-refractivity contribution is -0.122. The number of nitrogens with one attached hydrogen (secondary N) is 1. The van der Waals surface area contributed by atoms with Crippen LogP contribution < -0.4 is 15.0 Å². The van der Waals surface area contributed by atoms with Crippen molar-refractivity contribution in [3.05, 3.63) is 76.6 Å². The van der Waals surface area contributed by atoms with E-state index in [1.165, 1.54) is 30.6 Å². The summed E-state index contributed by atoms with van der Waals surface area (Å²) in [5.74, 6) is 0.341. The topological polar surface area (TPSA) is 128 Å². The van der Waals surface area contributed by atoms with E-state index in [2.05, 4.69) is 32.3 Å². The Hall–Kier alpha value is -3.70. The third-order valence-electron chi connectivity index (χ3n) is 10.6. The number of hydrogen-bond acceptors (Lipinski definition) is 9. The Morgan fingerprint density at radius 2 is 1.90 bits per heavy atom. The Kier molecular flexibility index (Phi) is 9.99. The quantitative estimate of drug-likeness (QED) is 0.219. The molecule has 3 aromatic rings. The number of benzene rings is 2. The number of anilines is 1. The van der Waals surface area contributed by atoms with Crippen molar-refractivity contribution in [3.63, 3.8) is 0 Å². The molecule has 1 aliphatic heterocycles. The average Bonchev–Trinajstić information content (AvgIpc) is 3.23. The number of aryl methyl sites for hydroxylation is 1. The number of esters is 1. The summed E-state index contributed by atoms with van der Waals surface area (Å²) in [7, 11) is -2.38. The number of hydrogen-bond donors (Lipinski definition) is 1. The fourth-order valence-corrected chi connectivity index (χ4v) is 9.12. The second-order valence-corrected chi connectivity index (χ2v) is 16.3. The van der Waals surface area contributed by atoms with Gasteiger partial charge in [0, 0.05) is 48.9 Å². The highest BCUT2D eigenvalue weighted by Crippen LogP contribution is 2.46. The Morgan fingerprint density at radius 3 is 2.62 bits per heavy atom. The van der Waals surface area contributed by atoms with Crippen LogP contribution in [0.3, 0.4) is 0 Å². The van der Waals surface area contributed by atoms with E-state index in [0.29, 0.717) is 24.6 Å². The van der Waals surface area contributed by atoms with Crippen molar-refractivity contribution in [2.24, 2.45) is 17.8 Å². The minimum absolute atomic E-state index is 0.0870. The monoisotopic (exact) mass is 694 g/mol. The van der Waals surface area contributed by atoms with Gasteiger partial charge in [-0.3, -0.25) is 4.79 Å². The zero-order valence-electron chi connectivity index (χ0n) is 27.7. The Labute approximate surface area is 287 Å². The standard InChI is InChI=1S/C36H43ClN4O6S/c1-23(24(2)48(44,45)35-38-14-5-15-39-35)16-33(42)40-19-27-7-8-28(27)20-41-21-36(13-4-6-25-17-29(37)10-11-30(25)36)22-47-32-12-9-26(18-31(32)41)34(43)46-3/h5,9-12,14-15,17-18,23-24,27-28H,4,6-8,13,16,19-22H2,1-3H3,(H,40,42)/t23-,24-,27-,28-,36-/m0/s1. The zero-order valence-corrected chi connectivity index (χ0v) is 29.2. The largest absolute Gasteiger partial charge is 0.490 e. The normalized spacial score (nSPS) is 23.0. The number of carbonyl (C=O) groups excluding carboxylic acids is 2. The summed E-state index contributed by atoms with van der Waals surface area (Å²) >= 11 is 6.40. The van der Waals surface area contributed by atoms with Gasteiger partial charge in [-0.05, 0) is 104 Å². The molecular weight excluding hydrogens is 652 g/mol. The minimum Gasteiger partial charge on any atom is -0.490 e. The number of rotatable bonds is 10. The van der Waals surface area contributed by atoms with Crippen molar-refractivity contribution in [2.45, 2.75) is 68.2 Å². The lowest BCUT2D eigenvalue weighted by atomic mass is 9.69. The number of aromatic nitrogens is 2. The van der Waals surface area contributed by atoms with Crippen molar-refractivity contribution in [1.82, 2.24) is 15.3 Å². The molecule has 1 spiro atoms. The molecule has 12 heteroatoms. The number of halogens is 1. The predicted molar refractivity (Wildman–Crippen MR) is 183 cm³/mol. The maximum atomic E-state index is 13.0. The van der Waals surface area contributed by atoms with E-state index in [0.717, 1.165) is 61.7 Å². The third-order valence-corrected chi connectivity index (χ3v) is 13.0. The number of fused-ring (bicyclic) bond motifs is 3. The summed E-state index contributed by atoms with van der Waals surface area (Å²) in [6, 6.07) is 13.2. The number of amides is 1. The van der Waals surface area contributed by atoms with E-state index >= 15 is 0 Å². The molecule has 3 aliphatic rings. The molecule has 1 aromatic heterocycles. The maximum Gasteiger partial charge on any atom is 0.337 e. The van der Waals surface area contributed by atoms with Crippen LogP contribution in [0.4, 0.5) is 5.69 Å². The molecule has 2 aromatic carbocycles. The lowest BCUT2D eigenvalue weighted by Gasteiger charge is -2.44. The zero-order chi connectivity index (χ0) is 34.1. The summed E-state index contributed by atoms with van der Waals surface area (Å²) in [5, 5.41) is 2.79. The van der Waals surface area contributed by atoms with Crippen LogP contribution in [0.5, 0.6) is 5.75 Å². The molecule has 6 rings (SSSR count). The summed E-state index contributed by atoms with van der Waals surface area (Å²) in [5.41, 5.74) is 3.63. The van der Waals surface area contributed by atoms with Gasteiger partial charge in [0.25, 0.3) is 0 Å². The summed E-state index contributed by atoms with van der Waals surface area (Å²) in [4.78, 5) is 35.8. The molecule has 0 radical (unpaired) electrons. The predicted octanol–water partition coefficient (Wildman–Crippen LogP) is 5.42. The van der Waals surface area contributed by atoms with E-state index < -0.39 is 27.0 Å². The maximum absolute atomic E-state index is 13.0. The highest BCUT2D eigenvalue weighted by Gasteiger charge is 2.43. The van der Waals surface area contributed by atoms with E-state index in [-0.39, 0.29) is 28.8 Å². The van der Waals surface area contributed by atoms with Crippen molar-refractivity contribution < 1.29 is 27.5 Å². The van der Waals surface area contributed by atoms with Gasteiger partial charge in [0.05, 0.1) is 30.2 Å². The number of carbonyl (C=O) groups is 2. The molecule has 0 unspecified atom stereocenters. The summed E-state index contributed by atoms with van der Waals surface area (Å²) in [6.07, 6.45) is 7.88.